The van der Waals surface area contributed by atoms with Crippen molar-refractivity contribution in [2.24, 2.45) is 5.73 Å². The zero-order valence-electron chi connectivity index (χ0n) is 10.2. The minimum absolute atomic E-state index is 0. The van der Waals surface area contributed by atoms with Crippen LogP contribution in [0.4, 0.5) is 4.39 Å². The molecule has 0 fully saturated rings. The van der Waals surface area contributed by atoms with Crippen molar-refractivity contribution in [1.29, 1.82) is 0 Å². The third-order valence-corrected chi connectivity index (χ3v) is 2.09. The number of ether oxygens (including phenoxy) is 1. The minimum Gasteiger partial charge on any atom is -0.489 e. The monoisotopic (exact) mass is 276 g/mol. The number of benzene rings is 1. The fraction of sp³-hybridized carbons (Fsp3) is 0.417. The Labute approximate surface area is 112 Å². The molecular weight excluding hydrogens is 259 g/mol. The van der Waals surface area contributed by atoms with Gasteiger partial charge in [-0.2, -0.15) is 0 Å². The SMILES string of the molecule is CC(CNC(=O)CCN)Oc1cccc(F)c1.Cl. The molecule has 1 aromatic carbocycles. The molecule has 0 aromatic heterocycles. The number of hydrogen-bond donors (Lipinski definition) is 2. The van der Waals surface area contributed by atoms with Crippen LogP contribution in [0.25, 0.3) is 0 Å². The van der Waals surface area contributed by atoms with Crippen molar-refractivity contribution < 1.29 is 13.9 Å². The van der Waals surface area contributed by atoms with Crippen molar-refractivity contribution in [1.82, 2.24) is 5.32 Å². The quantitative estimate of drug-likeness (QED) is 0.827. The van der Waals surface area contributed by atoms with Gasteiger partial charge in [0.1, 0.15) is 17.7 Å². The van der Waals surface area contributed by atoms with Gasteiger partial charge in [0.2, 0.25) is 5.91 Å². The lowest BCUT2D eigenvalue weighted by Gasteiger charge is -2.15. The summed E-state index contributed by atoms with van der Waals surface area (Å²) in [6, 6.07) is 5.89. The standard InChI is InChI=1S/C12H17FN2O2.ClH/c1-9(8-15-12(16)5-6-14)17-11-4-2-3-10(13)7-11;/h2-4,7,9H,5-6,8,14H2,1H3,(H,15,16);1H. The Morgan fingerprint density at radius 1 is 1.56 bits per heavy atom. The highest BCUT2D eigenvalue weighted by Crippen LogP contribution is 2.13. The molecule has 1 unspecified atom stereocenters. The number of hydrogen-bond acceptors (Lipinski definition) is 3. The lowest BCUT2D eigenvalue weighted by atomic mass is 10.3. The Kier molecular flexibility index (Phi) is 8.07. The second kappa shape index (κ2) is 8.72. The summed E-state index contributed by atoms with van der Waals surface area (Å²) in [5.41, 5.74) is 5.24. The van der Waals surface area contributed by atoms with Crippen LogP contribution in [0.15, 0.2) is 24.3 Å². The molecule has 102 valence electrons. The molecule has 0 aliphatic rings. The number of rotatable bonds is 6. The van der Waals surface area contributed by atoms with Gasteiger partial charge in [0.25, 0.3) is 0 Å². The van der Waals surface area contributed by atoms with Crippen LogP contribution in [-0.4, -0.2) is 25.1 Å². The lowest BCUT2D eigenvalue weighted by molar-refractivity contribution is -0.121. The molecule has 0 aliphatic heterocycles. The van der Waals surface area contributed by atoms with E-state index in [4.69, 9.17) is 10.5 Å². The van der Waals surface area contributed by atoms with Crippen molar-refractivity contribution in [3.05, 3.63) is 30.1 Å². The molecule has 1 amide bonds. The van der Waals surface area contributed by atoms with E-state index < -0.39 is 0 Å². The fourth-order valence-electron chi connectivity index (χ4n) is 1.29. The Morgan fingerprint density at radius 2 is 2.28 bits per heavy atom. The molecule has 0 saturated heterocycles. The van der Waals surface area contributed by atoms with Gasteiger partial charge in [-0.1, -0.05) is 6.07 Å². The van der Waals surface area contributed by atoms with Crippen molar-refractivity contribution >= 4 is 18.3 Å². The van der Waals surface area contributed by atoms with Crippen molar-refractivity contribution in [3.63, 3.8) is 0 Å². The fourth-order valence-corrected chi connectivity index (χ4v) is 1.29. The summed E-state index contributed by atoms with van der Waals surface area (Å²) in [6.45, 7) is 2.49. The number of carbonyl (C=O) groups is 1. The lowest BCUT2D eigenvalue weighted by Crippen LogP contribution is -2.34. The first-order valence-electron chi connectivity index (χ1n) is 5.51. The molecule has 1 atom stereocenters. The highest BCUT2D eigenvalue weighted by molar-refractivity contribution is 5.85. The number of carbonyl (C=O) groups excluding carboxylic acids is 1. The molecule has 0 saturated carbocycles. The molecule has 0 aliphatic carbocycles. The second-order valence-corrected chi connectivity index (χ2v) is 3.73. The van der Waals surface area contributed by atoms with Crippen LogP contribution < -0.4 is 15.8 Å². The zero-order chi connectivity index (χ0) is 12.7. The van der Waals surface area contributed by atoms with Crippen LogP contribution in [0.1, 0.15) is 13.3 Å². The van der Waals surface area contributed by atoms with Gasteiger partial charge in [-0.15, -0.1) is 12.4 Å². The smallest absolute Gasteiger partial charge is 0.221 e. The van der Waals surface area contributed by atoms with Crippen molar-refractivity contribution in [2.75, 3.05) is 13.1 Å². The highest BCUT2D eigenvalue weighted by atomic mass is 35.5. The van der Waals surface area contributed by atoms with E-state index in [-0.39, 0.29) is 30.2 Å². The highest BCUT2D eigenvalue weighted by Gasteiger charge is 2.06. The van der Waals surface area contributed by atoms with Crippen LogP contribution in [-0.2, 0) is 4.79 Å². The van der Waals surface area contributed by atoms with Gasteiger partial charge in [-0.05, 0) is 19.1 Å². The Morgan fingerprint density at radius 3 is 2.89 bits per heavy atom. The van der Waals surface area contributed by atoms with Crippen LogP contribution in [0, 0.1) is 5.82 Å². The molecule has 18 heavy (non-hydrogen) atoms. The normalized spacial score (nSPS) is 11.3. The Hall–Kier alpha value is -1.33. The first kappa shape index (κ1) is 16.7. The molecule has 0 bridgehead atoms. The molecule has 6 heteroatoms. The molecule has 4 nitrogen and oxygen atoms in total. The predicted molar refractivity (Wildman–Crippen MR) is 70.4 cm³/mol. The van der Waals surface area contributed by atoms with E-state index in [0.717, 1.165) is 0 Å². The van der Waals surface area contributed by atoms with Crippen molar-refractivity contribution in [3.8, 4) is 5.75 Å². The number of halogens is 2. The maximum absolute atomic E-state index is 12.9. The summed E-state index contributed by atoms with van der Waals surface area (Å²) in [5, 5.41) is 2.68. The topological polar surface area (TPSA) is 64.4 Å². The maximum atomic E-state index is 12.9. The van der Waals surface area contributed by atoms with Crippen LogP contribution >= 0.6 is 12.4 Å². The van der Waals surface area contributed by atoms with E-state index in [0.29, 0.717) is 25.3 Å². The van der Waals surface area contributed by atoms with Gasteiger partial charge in [0.15, 0.2) is 0 Å². The van der Waals surface area contributed by atoms with Gasteiger partial charge < -0.3 is 15.8 Å². The Balaban J connectivity index is 0.00000289. The van der Waals surface area contributed by atoms with Crippen LogP contribution in [0.2, 0.25) is 0 Å². The number of amides is 1. The van der Waals surface area contributed by atoms with E-state index in [1.807, 2.05) is 0 Å². The third-order valence-electron chi connectivity index (χ3n) is 2.09. The average Bonchev–Trinajstić information content (AvgIpc) is 2.27. The summed E-state index contributed by atoms with van der Waals surface area (Å²) in [6.07, 6.45) is 0.0747. The summed E-state index contributed by atoms with van der Waals surface area (Å²) in [7, 11) is 0. The molecule has 0 radical (unpaired) electrons. The number of nitrogens with two attached hydrogens (primary N) is 1. The largest absolute Gasteiger partial charge is 0.489 e. The van der Waals surface area contributed by atoms with Crippen LogP contribution in [0.3, 0.4) is 0 Å². The van der Waals surface area contributed by atoms with Crippen LogP contribution in [0.5, 0.6) is 5.75 Å². The first-order valence-corrected chi connectivity index (χ1v) is 5.51. The molecular formula is C12H18ClFN2O2. The molecule has 1 aromatic rings. The van der Waals surface area contributed by atoms with Crippen molar-refractivity contribution in [2.45, 2.75) is 19.4 Å². The van der Waals surface area contributed by atoms with E-state index in [1.165, 1.54) is 12.1 Å². The maximum Gasteiger partial charge on any atom is 0.221 e. The van der Waals surface area contributed by atoms with E-state index in [9.17, 15) is 9.18 Å². The third kappa shape index (κ3) is 6.42. The molecule has 0 spiro atoms. The summed E-state index contributed by atoms with van der Waals surface area (Å²) >= 11 is 0. The first-order chi connectivity index (χ1) is 8.11. The predicted octanol–water partition coefficient (Wildman–Crippen LogP) is 1.48. The van der Waals surface area contributed by atoms with Gasteiger partial charge in [-0.3, -0.25) is 4.79 Å². The summed E-state index contributed by atoms with van der Waals surface area (Å²) in [5.74, 6) is -0.00497. The van der Waals surface area contributed by atoms with E-state index in [1.54, 1.807) is 19.1 Å². The van der Waals surface area contributed by atoms with Gasteiger partial charge in [0, 0.05) is 19.0 Å². The minimum atomic E-state index is -0.345. The second-order valence-electron chi connectivity index (χ2n) is 3.73. The van der Waals surface area contributed by atoms with Gasteiger partial charge in [-0.25, -0.2) is 4.39 Å². The van der Waals surface area contributed by atoms with Gasteiger partial charge in [0.05, 0.1) is 6.54 Å². The zero-order valence-corrected chi connectivity index (χ0v) is 11.0. The Bertz CT molecular complexity index is 377. The molecule has 0 heterocycles. The van der Waals surface area contributed by atoms with E-state index in [2.05, 4.69) is 5.32 Å². The van der Waals surface area contributed by atoms with Gasteiger partial charge >= 0.3 is 0 Å². The number of nitrogens with one attached hydrogen (secondary N) is 1. The summed E-state index contributed by atoms with van der Waals surface area (Å²) in [4.78, 5) is 11.1. The average molecular weight is 277 g/mol. The molecule has 3 N–H and O–H groups in total. The summed E-state index contributed by atoms with van der Waals surface area (Å²) < 4.78 is 18.3. The van der Waals surface area contributed by atoms with E-state index >= 15 is 0 Å². The molecule has 1 rings (SSSR count).